The van der Waals surface area contributed by atoms with Gasteiger partial charge in [0.25, 0.3) is 0 Å². The molecule has 2 heterocycles. The van der Waals surface area contributed by atoms with Crippen molar-refractivity contribution < 1.29 is 9.90 Å². The molecule has 1 atom stereocenters. The Bertz CT molecular complexity index is 390. The predicted octanol–water partition coefficient (Wildman–Crippen LogP) is 0.0673. The number of rotatable bonds is 4. The molecule has 0 aliphatic carbocycles. The fourth-order valence-electron chi connectivity index (χ4n) is 2.11. The minimum Gasteiger partial charge on any atom is -0.480 e. The molecule has 6 heteroatoms. The number of carbonyl (C=O) groups is 1. The van der Waals surface area contributed by atoms with Gasteiger partial charge in [-0.05, 0) is 13.0 Å². The molecule has 0 aromatic carbocycles. The number of hydrogen-bond donors (Lipinski definition) is 1. The normalized spacial score (nSPS) is 19.6. The number of piperazine rings is 1. The van der Waals surface area contributed by atoms with Crippen LogP contribution in [0.4, 0.5) is 0 Å². The Morgan fingerprint density at radius 3 is 2.72 bits per heavy atom. The number of aromatic nitrogens is 2. The third-order valence-electron chi connectivity index (χ3n) is 3.34. The molecule has 6 nitrogen and oxygen atoms in total. The maximum atomic E-state index is 10.9. The van der Waals surface area contributed by atoms with E-state index in [-0.39, 0.29) is 0 Å². The van der Waals surface area contributed by atoms with E-state index < -0.39 is 12.0 Å². The smallest absolute Gasteiger partial charge is 0.320 e. The summed E-state index contributed by atoms with van der Waals surface area (Å²) in [5.74, 6) is -0.751. The quantitative estimate of drug-likeness (QED) is 0.815. The minimum absolute atomic E-state index is 0.397. The zero-order valence-electron chi connectivity index (χ0n) is 10.5. The van der Waals surface area contributed by atoms with Crippen LogP contribution < -0.4 is 0 Å². The third kappa shape index (κ3) is 3.24. The highest BCUT2D eigenvalue weighted by atomic mass is 16.4. The summed E-state index contributed by atoms with van der Waals surface area (Å²) in [6, 6.07) is 1.51. The topological polar surface area (TPSA) is 69.6 Å². The molecule has 0 spiro atoms. The van der Waals surface area contributed by atoms with Crippen molar-refractivity contribution in [3.05, 3.63) is 24.3 Å². The molecule has 0 bridgehead atoms. The first-order valence-corrected chi connectivity index (χ1v) is 6.11. The lowest BCUT2D eigenvalue weighted by Gasteiger charge is -2.36. The molecule has 2 rings (SSSR count). The van der Waals surface area contributed by atoms with Gasteiger partial charge in [0.05, 0.1) is 5.69 Å². The summed E-state index contributed by atoms with van der Waals surface area (Å²) in [7, 11) is 0. The van der Waals surface area contributed by atoms with Gasteiger partial charge in [-0.25, -0.2) is 9.97 Å². The van der Waals surface area contributed by atoms with E-state index in [4.69, 9.17) is 5.11 Å². The van der Waals surface area contributed by atoms with Crippen LogP contribution in [0.25, 0.3) is 0 Å². The average Bonchev–Trinajstić information content (AvgIpc) is 2.40. The maximum Gasteiger partial charge on any atom is 0.320 e. The molecule has 1 aliphatic heterocycles. The van der Waals surface area contributed by atoms with Crippen molar-refractivity contribution in [3.63, 3.8) is 0 Å². The van der Waals surface area contributed by atoms with Crippen molar-refractivity contribution in [1.29, 1.82) is 0 Å². The highest BCUT2D eigenvalue weighted by molar-refractivity contribution is 5.72. The molecule has 1 N–H and O–H groups in total. The van der Waals surface area contributed by atoms with Gasteiger partial charge < -0.3 is 5.11 Å². The molecule has 1 aromatic heterocycles. The van der Waals surface area contributed by atoms with E-state index >= 15 is 0 Å². The second-order valence-electron chi connectivity index (χ2n) is 4.53. The van der Waals surface area contributed by atoms with Crippen LogP contribution in [0.3, 0.4) is 0 Å². The van der Waals surface area contributed by atoms with E-state index in [1.807, 2.05) is 11.0 Å². The Hall–Kier alpha value is -1.53. The third-order valence-corrected chi connectivity index (χ3v) is 3.34. The van der Waals surface area contributed by atoms with Gasteiger partial charge in [-0.3, -0.25) is 14.6 Å². The number of aliphatic carboxylic acids is 1. The number of carboxylic acids is 1. The van der Waals surface area contributed by atoms with Crippen LogP contribution in [0.2, 0.25) is 0 Å². The fraction of sp³-hybridized carbons (Fsp3) is 0.583. The second kappa shape index (κ2) is 5.88. The molecule has 1 saturated heterocycles. The monoisotopic (exact) mass is 250 g/mol. The molecule has 1 unspecified atom stereocenters. The van der Waals surface area contributed by atoms with Crippen LogP contribution >= 0.6 is 0 Å². The molecule has 0 radical (unpaired) electrons. The fourth-order valence-corrected chi connectivity index (χ4v) is 2.11. The lowest BCUT2D eigenvalue weighted by molar-refractivity contribution is -0.143. The SMILES string of the molecule is CC(C(=O)O)N1CCN(Cc2ccncn2)CC1. The van der Waals surface area contributed by atoms with Gasteiger partial charge in [0.1, 0.15) is 12.4 Å². The molecule has 0 saturated carbocycles. The van der Waals surface area contributed by atoms with Crippen LogP contribution in [0.15, 0.2) is 18.6 Å². The molecule has 1 aliphatic rings. The van der Waals surface area contributed by atoms with Crippen molar-refractivity contribution in [2.45, 2.75) is 19.5 Å². The largest absolute Gasteiger partial charge is 0.480 e. The summed E-state index contributed by atoms with van der Waals surface area (Å²) >= 11 is 0. The van der Waals surface area contributed by atoms with Gasteiger partial charge in [0.15, 0.2) is 0 Å². The summed E-state index contributed by atoms with van der Waals surface area (Å²) in [4.78, 5) is 23.3. The van der Waals surface area contributed by atoms with E-state index in [9.17, 15) is 4.79 Å². The molecule has 18 heavy (non-hydrogen) atoms. The van der Waals surface area contributed by atoms with E-state index in [1.54, 1.807) is 19.4 Å². The highest BCUT2D eigenvalue weighted by Crippen LogP contribution is 2.09. The summed E-state index contributed by atoms with van der Waals surface area (Å²) in [5.41, 5.74) is 1.00. The van der Waals surface area contributed by atoms with Crippen molar-refractivity contribution >= 4 is 5.97 Å². The first kappa shape index (κ1) is 12.9. The van der Waals surface area contributed by atoms with E-state index in [0.29, 0.717) is 0 Å². The number of nitrogens with zero attached hydrogens (tertiary/aromatic N) is 4. The Labute approximate surface area is 106 Å². The maximum absolute atomic E-state index is 10.9. The van der Waals surface area contributed by atoms with Crippen molar-refractivity contribution in [1.82, 2.24) is 19.8 Å². The summed E-state index contributed by atoms with van der Waals surface area (Å²) in [6.07, 6.45) is 3.29. The lowest BCUT2D eigenvalue weighted by Crippen LogP contribution is -2.51. The van der Waals surface area contributed by atoms with Crippen molar-refractivity contribution in [2.24, 2.45) is 0 Å². The van der Waals surface area contributed by atoms with Crippen molar-refractivity contribution in [3.8, 4) is 0 Å². The molecular formula is C12H18N4O2. The van der Waals surface area contributed by atoms with Gasteiger partial charge in [-0.1, -0.05) is 0 Å². The molecule has 0 amide bonds. The molecule has 1 aromatic rings. The van der Waals surface area contributed by atoms with Crippen LogP contribution in [-0.2, 0) is 11.3 Å². The zero-order chi connectivity index (χ0) is 13.0. The molecular weight excluding hydrogens is 232 g/mol. The van der Waals surface area contributed by atoms with Crippen LogP contribution in [0.5, 0.6) is 0 Å². The van der Waals surface area contributed by atoms with Gasteiger partial charge >= 0.3 is 5.97 Å². The Morgan fingerprint density at radius 1 is 1.44 bits per heavy atom. The van der Waals surface area contributed by atoms with Gasteiger partial charge in [0.2, 0.25) is 0 Å². The number of hydrogen-bond acceptors (Lipinski definition) is 5. The average molecular weight is 250 g/mol. The van der Waals surface area contributed by atoms with E-state index in [0.717, 1.165) is 38.4 Å². The first-order chi connectivity index (χ1) is 8.66. The van der Waals surface area contributed by atoms with E-state index in [1.165, 1.54) is 0 Å². The van der Waals surface area contributed by atoms with Gasteiger partial charge in [-0.15, -0.1) is 0 Å². The van der Waals surface area contributed by atoms with Crippen LogP contribution in [-0.4, -0.2) is 63.1 Å². The summed E-state index contributed by atoms with van der Waals surface area (Å²) < 4.78 is 0. The van der Waals surface area contributed by atoms with Gasteiger partial charge in [-0.2, -0.15) is 0 Å². The van der Waals surface area contributed by atoms with Crippen LogP contribution in [0, 0.1) is 0 Å². The minimum atomic E-state index is -0.751. The first-order valence-electron chi connectivity index (χ1n) is 6.11. The van der Waals surface area contributed by atoms with Crippen LogP contribution in [0.1, 0.15) is 12.6 Å². The summed E-state index contributed by atoms with van der Waals surface area (Å²) in [5, 5.41) is 8.96. The predicted molar refractivity (Wildman–Crippen MR) is 66.0 cm³/mol. The molecule has 98 valence electrons. The van der Waals surface area contributed by atoms with Crippen molar-refractivity contribution in [2.75, 3.05) is 26.2 Å². The summed E-state index contributed by atoms with van der Waals surface area (Å²) in [6.45, 7) is 5.88. The Kier molecular flexibility index (Phi) is 4.22. The standard InChI is InChI=1S/C12H18N4O2/c1-10(12(17)18)16-6-4-15(5-7-16)8-11-2-3-13-9-14-11/h2-3,9-10H,4-8H2,1H3,(H,17,18). The van der Waals surface area contributed by atoms with Gasteiger partial charge in [0, 0.05) is 38.9 Å². The second-order valence-corrected chi connectivity index (χ2v) is 4.53. The zero-order valence-corrected chi connectivity index (χ0v) is 10.5. The Balaban J connectivity index is 1.82. The number of carboxylic acid groups (broad SMARTS) is 1. The Morgan fingerprint density at radius 2 is 2.17 bits per heavy atom. The molecule has 1 fully saturated rings. The van der Waals surface area contributed by atoms with E-state index in [2.05, 4.69) is 14.9 Å². The highest BCUT2D eigenvalue weighted by Gasteiger charge is 2.25. The lowest BCUT2D eigenvalue weighted by atomic mass is 10.2.